The standard InChI is InChI=1S/C3H4N2.BrH/c1-2-4-5-3-1;/h1-3H,(H,4,5);1H/p-1. The monoisotopic (exact) mass is 147 g/mol. The molecule has 1 N–H and O–H groups in total. The van der Waals surface area contributed by atoms with E-state index in [9.17, 15) is 0 Å². The molecule has 0 aliphatic carbocycles. The van der Waals surface area contributed by atoms with Crippen molar-refractivity contribution in [3.8, 4) is 0 Å². The average molecular weight is 148 g/mol. The van der Waals surface area contributed by atoms with Gasteiger partial charge >= 0.3 is 0 Å². The van der Waals surface area contributed by atoms with Crippen LogP contribution in [-0.2, 0) is 0 Å². The molecule has 1 rings (SSSR count). The maximum Gasteiger partial charge on any atom is 0.0487 e. The predicted molar refractivity (Wildman–Crippen MR) is 18.6 cm³/mol. The Balaban J connectivity index is 0.000000250. The summed E-state index contributed by atoms with van der Waals surface area (Å²) in [5.74, 6) is 0. The fraction of sp³-hybridized carbons (Fsp3) is 0. The highest BCUT2D eigenvalue weighted by molar-refractivity contribution is 4.72. The molecule has 0 amide bonds. The molecule has 0 aliphatic heterocycles. The van der Waals surface area contributed by atoms with E-state index in [-0.39, 0.29) is 17.0 Å². The molecule has 1 heterocycles. The Morgan fingerprint density at radius 2 is 2.33 bits per heavy atom. The molecule has 34 valence electrons. The van der Waals surface area contributed by atoms with E-state index in [0.717, 1.165) is 0 Å². The minimum Gasteiger partial charge on any atom is -1.00 e. The van der Waals surface area contributed by atoms with Crippen LogP contribution in [0.15, 0.2) is 18.5 Å². The molecular formula is C3H4BrN2-. The number of rotatable bonds is 0. The number of nitrogens with one attached hydrogen (secondary N) is 1. The molecule has 1 aromatic heterocycles. The zero-order valence-electron chi connectivity index (χ0n) is 3.06. The lowest BCUT2D eigenvalue weighted by Gasteiger charge is -1.49. The van der Waals surface area contributed by atoms with Gasteiger partial charge in [-0.3, -0.25) is 5.10 Å². The third-order valence-corrected chi connectivity index (χ3v) is 0.406. The van der Waals surface area contributed by atoms with Crippen molar-refractivity contribution in [1.29, 1.82) is 0 Å². The molecule has 0 saturated carbocycles. The number of hydrogen-bond acceptors (Lipinski definition) is 1. The SMILES string of the molecule is [Br-].c1cn[nH]c1. The van der Waals surface area contributed by atoms with E-state index in [1.54, 1.807) is 12.4 Å². The van der Waals surface area contributed by atoms with Gasteiger partial charge in [0.05, 0.1) is 0 Å². The fourth-order valence-electron chi connectivity index (χ4n) is 0.215. The number of halogens is 1. The fourth-order valence-corrected chi connectivity index (χ4v) is 0.215. The van der Waals surface area contributed by atoms with Gasteiger partial charge in [0.15, 0.2) is 0 Å². The van der Waals surface area contributed by atoms with E-state index >= 15 is 0 Å². The number of H-pyrrole nitrogens is 1. The molecule has 0 unspecified atom stereocenters. The highest BCUT2D eigenvalue weighted by Gasteiger charge is 1.56. The van der Waals surface area contributed by atoms with Crippen LogP contribution >= 0.6 is 0 Å². The zero-order chi connectivity index (χ0) is 3.54. The number of hydrogen-bond donors (Lipinski definition) is 1. The van der Waals surface area contributed by atoms with Crippen LogP contribution in [0.2, 0.25) is 0 Å². The molecule has 3 heteroatoms. The van der Waals surface area contributed by atoms with Crippen molar-refractivity contribution in [2.24, 2.45) is 0 Å². The second-order valence-electron chi connectivity index (χ2n) is 0.766. The molecule has 0 fully saturated rings. The van der Waals surface area contributed by atoms with E-state index in [0.29, 0.717) is 0 Å². The Labute approximate surface area is 46.3 Å². The number of aromatic amines is 1. The van der Waals surface area contributed by atoms with Crippen molar-refractivity contribution in [2.75, 3.05) is 0 Å². The van der Waals surface area contributed by atoms with E-state index in [1.807, 2.05) is 6.07 Å². The summed E-state index contributed by atoms with van der Waals surface area (Å²) >= 11 is 0. The molecule has 0 bridgehead atoms. The van der Waals surface area contributed by atoms with Gasteiger partial charge < -0.3 is 17.0 Å². The molecule has 2 nitrogen and oxygen atoms in total. The smallest absolute Gasteiger partial charge is 0.0487 e. The first-order valence-electron chi connectivity index (χ1n) is 1.44. The molecule has 1 aromatic rings. The van der Waals surface area contributed by atoms with Crippen molar-refractivity contribution in [3.63, 3.8) is 0 Å². The summed E-state index contributed by atoms with van der Waals surface area (Å²) in [5.41, 5.74) is 0. The van der Waals surface area contributed by atoms with Crippen molar-refractivity contribution < 1.29 is 17.0 Å². The summed E-state index contributed by atoms with van der Waals surface area (Å²) in [6.07, 6.45) is 3.46. The minimum atomic E-state index is 0. The highest BCUT2D eigenvalue weighted by Crippen LogP contribution is 1.64. The molecule has 0 spiro atoms. The molecule has 0 aliphatic rings. The number of aromatic nitrogens is 2. The van der Waals surface area contributed by atoms with Crippen LogP contribution in [0.1, 0.15) is 0 Å². The Morgan fingerprint density at radius 3 is 2.50 bits per heavy atom. The second-order valence-corrected chi connectivity index (χ2v) is 0.766. The van der Waals surface area contributed by atoms with Gasteiger partial charge in [0.2, 0.25) is 0 Å². The Kier molecular flexibility index (Phi) is 2.75. The van der Waals surface area contributed by atoms with Gasteiger partial charge in [0, 0.05) is 12.4 Å². The van der Waals surface area contributed by atoms with Crippen LogP contribution in [0.3, 0.4) is 0 Å². The van der Waals surface area contributed by atoms with E-state index in [4.69, 9.17) is 0 Å². The quantitative estimate of drug-likeness (QED) is 0.429. The summed E-state index contributed by atoms with van der Waals surface area (Å²) in [7, 11) is 0. The largest absolute Gasteiger partial charge is 1.00 e. The van der Waals surface area contributed by atoms with E-state index in [1.165, 1.54) is 0 Å². The predicted octanol–water partition coefficient (Wildman–Crippen LogP) is -2.59. The van der Waals surface area contributed by atoms with Gasteiger partial charge in [-0.25, -0.2) is 0 Å². The van der Waals surface area contributed by atoms with Crippen LogP contribution in [-0.4, -0.2) is 10.2 Å². The molecule has 6 heavy (non-hydrogen) atoms. The first-order chi connectivity index (χ1) is 2.50. The van der Waals surface area contributed by atoms with Gasteiger partial charge in [-0.15, -0.1) is 0 Å². The Hall–Kier alpha value is -0.310. The molecular weight excluding hydrogens is 144 g/mol. The number of nitrogens with zero attached hydrogens (tertiary/aromatic N) is 1. The summed E-state index contributed by atoms with van der Waals surface area (Å²) in [4.78, 5) is 0. The van der Waals surface area contributed by atoms with Crippen molar-refractivity contribution in [3.05, 3.63) is 18.5 Å². The van der Waals surface area contributed by atoms with E-state index < -0.39 is 0 Å². The van der Waals surface area contributed by atoms with Crippen LogP contribution in [0.4, 0.5) is 0 Å². The van der Waals surface area contributed by atoms with Crippen LogP contribution in [0, 0.1) is 0 Å². The molecule has 0 saturated heterocycles. The highest BCUT2D eigenvalue weighted by atomic mass is 79.9. The maximum atomic E-state index is 3.60. The lowest BCUT2D eigenvalue weighted by Crippen LogP contribution is -3.00. The van der Waals surface area contributed by atoms with Crippen LogP contribution in [0.25, 0.3) is 0 Å². The van der Waals surface area contributed by atoms with Crippen molar-refractivity contribution in [1.82, 2.24) is 10.2 Å². The minimum absolute atomic E-state index is 0. The third kappa shape index (κ3) is 1.21. The van der Waals surface area contributed by atoms with Gasteiger partial charge in [0.1, 0.15) is 0 Å². The zero-order valence-corrected chi connectivity index (χ0v) is 4.64. The average Bonchev–Trinajstić information content (AvgIpc) is 1.76. The van der Waals surface area contributed by atoms with Crippen LogP contribution in [0.5, 0.6) is 0 Å². The second kappa shape index (κ2) is 2.90. The normalized spacial score (nSPS) is 6.67. The molecule has 0 aromatic carbocycles. The Morgan fingerprint density at radius 1 is 1.50 bits per heavy atom. The maximum absolute atomic E-state index is 3.60. The summed E-state index contributed by atoms with van der Waals surface area (Å²) in [5, 5.41) is 6.21. The van der Waals surface area contributed by atoms with Gasteiger partial charge in [-0.2, -0.15) is 5.10 Å². The first kappa shape index (κ1) is 5.69. The van der Waals surface area contributed by atoms with Gasteiger partial charge in [-0.1, -0.05) is 0 Å². The van der Waals surface area contributed by atoms with Crippen LogP contribution < -0.4 is 17.0 Å². The first-order valence-corrected chi connectivity index (χ1v) is 1.44. The van der Waals surface area contributed by atoms with E-state index in [2.05, 4.69) is 10.2 Å². The van der Waals surface area contributed by atoms with Crippen molar-refractivity contribution in [2.45, 2.75) is 0 Å². The van der Waals surface area contributed by atoms with Crippen molar-refractivity contribution >= 4 is 0 Å². The molecule has 0 radical (unpaired) electrons. The molecule has 0 atom stereocenters. The topological polar surface area (TPSA) is 28.7 Å². The lowest BCUT2D eigenvalue weighted by molar-refractivity contribution is -0.00000113. The van der Waals surface area contributed by atoms with Gasteiger partial charge in [-0.05, 0) is 6.07 Å². The third-order valence-electron chi connectivity index (χ3n) is 0.406. The summed E-state index contributed by atoms with van der Waals surface area (Å²) < 4.78 is 0. The lowest BCUT2D eigenvalue weighted by atomic mass is 10.8. The Bertz CT molecular complexity index is 65.3. The van der Waals surface area contributed by atoms with Gasteiger partial charge in [0.25, 0.3) is 0 Å². The summed E-state index contributed by atoms with van der Waals surface area (Å²) in [6, 6.07) is 1.83. The summed E-state index contributed by atoms with van der Waals surface area (Å²) in [6.45, 7) is 0.